The SMILES string of the molecule is CC#CCOc1ccc(S(=O)(=O)[N+]2(NO)CCN(C(=O)c3cccs3)CC2C(=O)O)cc1. The third-order valence-corrected chi connectivity index (χ3v) is 8.21. The van der Waals surface area contributed by atoms with E-state index in [0.29, 0.717) is 10.6 Å². The van der Waals surface area contributed by atoms with Crippen LogP contribution in [0.5, 0.6) is 5.75 Å². The predicted octanol–water partition coefficient (Wildman–Crippen LogP) is 1.16. The Kier molecular flexibility index (Phi) is 7.17. The molecule has 12 heteroatoms. The number of aliphatic carboxylic acids is 1. The molecule has 2 heterocycles. The van der Waals surface area contributed by atoms with Gasteiger partial charge in [0, 0.05) is 0 Å². The molecule has 0 saturated carbocycles. The molecule has 0 spiro atoms. The molecule has 1 aliphatic rings. The number of benzene rings is 1. The highest BCUT2D eigenvalue weighted by molar-refractivity contribution is 7.86. The van der Waals surface area contributed by atoms with Crippen LogP contribution in [0.1, 0.15) is 16.6 Å². The van der Waals surface area contributed by atoms with Gasteiger partial charge in [0.05, 0.1) is 18.0 Å². The van der Waals surface area contributed by atoms with E-state index in [1.165, 1.54) is 40.5 Å². The van der Waals surface area contributed by atoms with E-state index in [0.717, 1.165) is 0 Å². The molecule has 2 aromatic rings. The predicted molar refractivity (Wildman–Crippen MR) is 114 cm³/mol. The zero-order chi connectivity index (χ0) is 23.4. The summed E-state index contributed by atoms with van der Waals surface area (Å²) < 4.78 is 30.9. The number of thiophene rings is 1. The van der Waals surface area contributed by atoms with Gasteiger partial charge in [-0.1, -0.05) is 12.0 Å². The molecule has 1 fully saturated rings. The first kappa shape index (κ1) is 23.7. The summed E-state index contributed by atoms with van der Waals surface area (Å²) in [5, 5.41) is 21.4. The highest BCUT2D eigenvalue weighted by Gasteiger charge is 2.57. The number of hydrogen-bond acceptors (Lipinski definition) is 8. The Morgan fingerprint density at radius 3 is 2.59 bits per heavy atom. The summed E-state index contributed by atoms with van der Waals surface area (Å²) in [4.78, 5) is 26.2. The zero-order valence-corrected chi connectivity index (χ0v) is 18.7. The molecule has 1 aliphatic heterocycles. The minimum Gasteiger partial charge on any atom is -0.481 e. The normalized spacial score (nSPS) is 20.8. The van der Waals surface area contributed by atoms with Gasteiger partial charge in [0.15, 0.2) is 0 Å². The average molecular weight is 481 g/mol. The van der Waals surface area contributed by atoms with E-state index in [1.54, 1.807) is 30.0 Å². The second kappa shape index (κ2) is 9.68. The van der Waals surface area contributed by atoms with Crippen LogP contribution in [0.3, 0.4) is 0 Å². The first-order valence-corrected chi connectivity index (χ1v) is 11.8. The van der Waals surface area contributed by atoms with Crippen LogP contribution < -0.4 is 10.3 Å². The molecule has 1 aromatic heterocycles. The first-order chi connectivity index (χ1) is 15.3. The Morgan fingerprint density at radius 2 is 2.03 bits per heavy atom. The molecule has 10 nitrogen and oxygen atoms in total. The Labute approximate surface area is 189 Å². The summed E-state index contributed by atoms with van der Waals surface area (Å²) in [6, 6.07) is 7.01. The van der Waals surface area contributed by atoms with Gasteiger partial charge in [-0.3, -0.25) is 10.0 Å². The van der Waals surface area contributed by atoms with E-state index in [-0.39, 0.29) is 24.6 Å². The van der Waals surface area contributed by atoms with Crippen LogP contribution in [0.4, 0.5) is 0 Å². The third kappa shape index (κ3) is 4.34. The second-order valence-corrected chi connectivity index (χ2v) is 9.88. The number of ether oxygens (including phenoxy) is 1. The lowest BCUT2D eigenvalue weighted by atomic mass is 10.2. The van der Waals surface area contributed by atoms with Gasteiger partial charge in [-0.2, -0.15) is 8.42 Å². The lowest BCUT2D eigenvalue weighted by Crippen LogP contribution is -2.75. The fourth-order valence-electron chi connectivity index (χ4n) is 3.40. The smallest absolute Gasteiger partial charge is 0.367 e. The van der Waals surface area contributed by atoms with Crippen molar-refractivity contribution < 1.29 is 37.1 Å². The Morgan fingerprint density at radius 1 is 1.31 bits per heavy atom. The van der Waals surface area contributed by atoms with Crippen LogP contribution in [0.2, 0.25) is 0 Å². The van der Waals surface area contributed by atoms with E-state index >= 15 is 0 Å². The molecular weight excluding hydrogens is 458 g/mol. The molecule has 2 atom stereocenters. The molecule has 32 heavy (non-hydrogen) atoms. The van der Waals surface area contributed by atoms with E-state index in [1.807, 2.05) is 0 Å². The van der Waals surface area contributed by atoms with E-state index < -0.39 is 38.5 Å². The molecule has 0 radical (unpaired) electrons. The van der Waals surface area contributed by atoms with Gasteiger partial charge >= 0.3 is 16.0 Å². The summed E-state index contributed by atoms with van der Waals surface area (Å²) in [5.41, 5.74) is 1.72. The van der Waals surface area contributed by atoms with Gasteiger partial charge < -0.3 is 14.7 Å². The highest BCUT2D eigenvalue weighted by atomic mass is 32.2. The molecule has 1 amide bonds. The zero-order valence-electron chi connectivity index (χ0n) is 17.1. The number of quaternary nitrogens is 1. The molecule has 2 unspecified atom stereocenters. The fraction of sp³-hybridized carbons (Fsp3) is 0.300. The molecule has 170 valence electrons. The second-order valence-electron chi connectivity index (χ2n) is 6.86. The summed E-state index contributed by atoms with van der Waals surface area (Å²) in [6.45, 7) is 0.934. The number of piperazine rings is 1. The lowest BCUT2D eigenvalue weighted by molar-refractivity contribution is -0.902. The van der Waals surface area contributed by atoms with Gasteiger partial charge in [0.25, 0.3) is 5.91 Å². The minimum atomic E-state index is -4.44. The molecule has 0 bridgehead atoms. The minimum absolute atomic E-state index is 0.0792. The standard InChI is InChI=1S/C20H21N3O7S2/c1-2-3-12-30-15-6-8-16(9-7-15)32(28,29)23(21-27)11-10-22(14-17(23)20(25)26)19(24)18-5-4-13-31-18/h4-9,13,17,21,27H,10-12,14H2,1H3/p+1. The Bertz CT molecular complexity index is 1140. The van der Waals surface area contributed by atoms with Crippen molar-refractivity contribution in [1.29, 1.82) is 0 Å². The van der Waals surface area contributed by atoms with E-state index in [9.17, 15) is 28.3 Å². The first-order valence-electron chi connectivity index (χ1n) is 9.49. The highest BCUT2D eigenvalue weighted by Crippen LogP contribution is 2.30. The van der Waals surface area contributed by atoms with Crippen LogP contribution in [-0.4, -0.2) is 71.8 Å². The quantitative estimate of drug-likeness (QED) is 0.305. The van der Waals surface area contributed by atoms with Gasteiger partial charge in [-0.15, -0.1) is 21.3 Å². The van der Waals surface area contributed by atoms with E-state index in [2.05, 4.69) is 11.8 Å². The van der Waals surface area contributed by atoms with Crippen molar-refractivity contribution in [2.75, 3.05) is 26.2 Å². The molecule has 1 aromatic carbocycles. The maximum absolute atomic E-state index is 13.5. The van der Waals surface area contributed by atoms with Crippen LogP contribution in [0.15, 0.2) is 46.7 Å². The van der Waals surface area contributed by atoms with Gasteiger partial charge in [0.2, 0.25) is 6.04 Å². The summed E-state index contributed by atoms with van der Waals surface area (Å²) in [5.74, 6) is 3.91. The number of sulfonamides is 1. The topological polar surface area (TPSA) is 133 Å². The number of carbonyl (C=O) groups excluding carboxylic acids is 1. The van der Waals surface area contributed by atoms with Crippen LogP contribution >= 0.6 is 11.3 Å². The molecule has 1 saturated heterocycles. The Hall–Kier alpha value is -2.95. The van der Waals surface area contributed by atoms with Gasteiger partial charge in [-0.25, -0.2) is 4.79 Å². The molecule has 0 aliphatic carbocycles. The third-order valence-electron chi connectivity index (χ3n) is 5.11. The van der Waals surface area contributed by atoms with Crippen molar-refractivity contribution in [2.24, 2.45) is 0 Å². The molecule has 3 rings (SSSR count). The molecular formula is C20H22N3O7S2+. The van der Waals surface area contributed by atoms with Crippen LogP contribution in [0.25, 0.3) is 0 Å². The number of nitrogens with zero attached hydrogens (tertiary/aromatic N) is 2. The fourth-order valence-corrected chi connectivity index (χ4v) is 5.87. The van der Waals surface area contributed by atoms with E-state index in [4.69, 9.17) is 4.74 Å². The van der Waals surface area contributed by atoms with Crippen molar-refractivity contribution in [2.45, 2.75) is 17.9 Å². The monoisotopic (exact) mass is 480 g/mol. The van der Waals surface area contributed by atoms with Crippen molar-refractivity contribution in [3.8, 4) is 17.6 Å². The maximum Gasteiger partial charge on any atom is 0.367 e. The number of amides is 1. The summed E-state index contributed by atoms with van der Waals surface area (Å²) in [7, 11) is -4.44. The number of carboxylic acid groups (broad SMARTS) is 1. The summed E-state index contributed by atoms with van der Waals surface area (Å²) in [6.07, 6.45) is 0. The molecule has 3 N–H and O–H groups in total. The van der Waals surface area contributed by atoms with Gasteiger partial charge in [0.1, 0.15) is 23.8 Å². The number of rotatable bonds is 7. The van der Waals surface area contributed by atoms with Crippen molar-refractivity contribution in [1.82, 2.24) is 10.5 Å². The maximum atomic E-state index is 13.5. The summed E-state index contributed by atoms with van der Waals surface area (Å²) >= 11 is 1.20. The van der Waals surface area contributed by atoms with Crippen molar-refractivity contribution >= 4 is 33.2 Å². The Balaban J connectivity index is 1.91. The van der Waals surface area contributed by atoms with Crippen LogP contribution in [0, 0.1) is 11.8 Å². The number of carbonyl (C=O) groups is 2. The number of nitrogens with one attached hydrogen (secondary N) is 1. The van der Waals surface area contributed by atoms with Gasteiger partial charge in [-0.05, 0) is 48.2 Å². The average Bonchev–Trinajstić information content (AvgIpc) is 3.33. The number of hydrogen-bond donors (Lipinski definition) is 3. The number of carboxylic acids is 1. The van der Waals surface area contributed by atoms with Crippen molar-refractivity contribution in [3.63, 3.8) is 0 Å². The van der Waals surface area contributed by atoms with Crippen LogP contribution in [-0.2, 0) is 14.8 Å². The largest absolute Gasteiger partial charge is 0.481 e. The lowest BCUT2D eigenvalue weighted by Gasteiger charge is -2.43. The van der Waals surface area contributed by atoms with Crippen molar-refractivity contribution in [3.05, 3.63) is 46.7 Å².